The number of piperidine rings is 1. The smallest absolute Gasteiger partial charge is 0.316 e. The fraction of sp³-hybridized carbons (Fsp3) is 0.409. The van der Waals surface area contributed by atoms with Crippen molar-refractivity contribution in [3.63, 3.8) is 0 Å². The summed E-state index contributed by atoms with van der Waals surface area (Å²) in [5.41, 5.74) is 0.804. The van der Waals surface area contributed by atoms with Crippen LogP contribution < -0.4 is 9.80 Å². The number of hydrogen-bond donors (Lipinski definition) is 0. The molecule has 0 N–H and O–H groups in total. The molecular weight excluding hydrogens is 394 g/mol. The van der Waals surface area contributed by atoms with Crippen LogP contribution in [0.1, 0.15) is 29.9 Å². The second kappa shape index (κ2) is 8.71. The maximum atomic E-state index is 12.9. The Labute approximate surface area is 180 Å². The summed E-state index contributed by atoms with van der Waals surface area (Å²) in [6.07, 6.45) is 7.17. The van der Waals surface area contributed by atoms with Gasteiger partial charge in [-0.1, -0.05) is 11.2 Å². The molecule has 2 aliphatic heterocycles. The molecule has 0 spiro atoms. The van der Waals surface area contributed by atoms with Gasteiger partial charge in [0.15, 0.2) is 0 Å². The first-order chi connectivity index (χ1) is 15.3. The molecule has 0 atom stereocenters. The molecule has 1 amide bonds. The topological polar surface area (TPSA) is 91.5 Å². The van der Waals surface area contributed by atoms with Crippen molar-refractivity contribution in [3.8, 4) is 11.4 Å². The summed E-state index contributed by atoms with van der Waals surface area (Å²) >= 11 is 0. The van der Waals surface area contributed by atoms with Crippen LogP contribution in [0.25, 0.3) is 11.4 Å². The van der Waals surface area contributed by atoms with Crippen molar-refractivity contribution in [1.29, 1.82) is 0 Å². The molecule has 160 valence electrons. The zero-order valence-electron chi connectivity index (χ0n) is 17.4. The molecule has 31 heavy (non-hydrogen) atoms. The molecule has 3 aromatic heterocycles. The lowest BCUT2D eigenvalue weighted by Crippen LogP contribution is -2.49. The molecule has 0 unspecified atom stereocenters. The minimum Gasteiger partial charge on any atom is -0.357 e. The molecule has 0 radical (unpaired) electrons. The molecular formula is C22H25N7O2. The van der Waals surface area contributed by atoms with Crippen LogP contribution in [0, 0.1) is 0 Å². The van der Waals surface area contributed by atoms with Gasteiger partial charge in [0.1, 0.15) is 11.6 Å². The Kier molecular flexibility index (Phi) is 5.47. The van der Waals surface area contributed by atoms with Crippen molar-refractivity contribution >= 4 is 17.5 Å². The Bertz CT molecular complexity index is 1030. The van der Waals surface area contributed by atoms with E-state index in [1.807, 2.05) is 30.3 Å². The van der Waals surface area contributed by atoms with Crippen molar-refractivity contribution < 1.29 is 9.32 Å². The molecule has 2 aliphatic rings. The lowest BCUT2D eigenvalue weighted by Gasteiger charge is -2.34. The molecule has 0 saturated carbocycles. The van der Waals surface area contributed by atoms with Gasteiger partial charge >= 0.3 is 11.8 Å². The summed E-state index contributed by atoms with van der Waals surface area (Å²) in [5.74, 6) is 2.05. The van der Waals surface area contributed by atoms with Gasteiger partial charge in [-0.15, -0.1) is 0 Å². The van der Waals surface area contributed by atoms with E-state index >= 15 is 0 Å². The number of piperazine rings is 1. The van der Waals surface area contributed by atoms with Gasteiger partial charge in [0.05, 0.1) is 0 Å². The Morgan fingerprint density at radius 1 is 0.839 bits per heavy atom. The normalized spacial score (nSPS) is 17.1. The Morgan fingerprint density at radius 3 is 2.39 bits per heavy atom. The lowest BCUT2D eigenvalue weighted by atomic mass is 10.1. The van der Waals surface area contributed by atoms with Crippen molar-refractivity contribution in [2.45, 2.75) is 19.3 Å². The molecule has 2 fully saturated rings. The van der Waals surface area contributed by atoms with E-state index in [9.17, 15) is 4.79 Å². The van der Waals surface area contributed by atoms with E-state index in [4.69, 9.17) is 4.52 Å². The summed E-state index contributed by atoms with van der Waals surface area (Å²) in [6, 6.07) is 9.66. The van der Waals surface area contributed by atoms with Crippen LogP contribution in [0.15, 0.2) is 47.2 Å². The number of carbonyl (C=O) groups excluding carboxylic acids is 1. The van der Waals surface area contributed by atoms with Crippen LogP contribution in [-0.2, 0) is 0 Å². The van der Waals surface area contributed by atoms with E-state index in [0.29, 0.717) is 32.0 Å². The van der Waals surface area contributed by atoms with Crippen molar-refractivity contribution in [3.05, 3.63) is 48.6 Å². The first-order valence-electron chi connectivity index (χ1n) is 10.8. The predicted octanol–water partition coefficient (Wildman–Crippen LogP) is 2.48. The third-order valence-electron chi connectivity index (χ3n) is 5.83. The van der Waals surface area contributed by atoms with E-state index in [2.05, 4.69) is 29.9 Å². The molecule has 0 aliphatic carbocycles. The molecule has 3 aromatic rings. The first kappa shape index (κ1) is 19.5. The summed E-state index contributed by atoms with van der Waals surface area (Å²) in [7, 11) is 0. The second-order valence-corrected chi connectivity index (χ2v) is 7.84. The van der Waals surface area contributed by atoms with Crippen molar-refractivity contribution in [2.75, 3.05) is 49.1 Å². The van der Waals surface area contributed by atoms with Gasteiger partial charge < -0.3 is 19.2 Å². The number of pyridine rings is 2. The highest BCUT2D eigenvalue weighted by molar-refractivity contribution is 5.90. The molecule has 2 saturated heterocycles. The SMILES string of the molecule is O=C(c1nc(-c2ccnc(N3CCCCC3)c2)no1)N1CCN(c2ccccn2)CC1. The van der Waals surface area contributed by atoms with E-state index in [-0.39, 0.29) is 11.8 Å². The quantitative estimate of drug-likeness (QED) is 0.637. The number of anilines is 2. The summed E-state index contributed by atoms with van der Waals surface area (Å²) in [5, 5.41) is 4.05. The van der Waals surface area contributed by atoms with Gasteiger partial charge in [-0.05, 0) is 43.5 Å². The largest absolute Gasteiger partial charge is 0.357 e. The number of nitrogens with zero attached hydrogens (tertiary/aromatic N) is 7. The summed E-state index contributed by atoms with van der Waals surface area (Å²) in [4.78, 5) is 32.3. The number of carbonyl (C=O) groups is 1. The van der Waals surface area contributed by atoms with Gasteiger partial charge in [-0.3, -0.25) is 4.79 Å². The highest BCUT2D eigenvalue weighted by Crippen LogP contribution is 2.23. The summed E-state index contributed by atoms with van der Waals surface area (Å²) in [6.45, 7) is 4.62. The van der Waals surface area contributed by atoms with Gasteiger partial charge in [0.25, 0.3) is 0 Å². The zero-order valence-corrected chi connectivity index (χ0v) is 17.4. The Morgan fingerprint density at radius 2 is 1.61 bits per heavy atom. The van der Waals surface area contributed by atoms with Crippen LogP contribution in [0.5, 0.6) is 0 Å². The zero-order chi connectivity index (χ0) is 21.0. The van der Waals surface area contributed by atoms with E-state index in [1.165, 1.54) is 19.3 Å². The molecule has 9 nitrogen and oxygen atoms in total. The maximum absolute atomic E-state index is 12.9. The third-order valence-corrected chi connectivity index (χ3v) is 5.83. The number of amides is 1. The number of aromatic nitrogens is 4. The minimum absolute atomic E-state index is 0.0256. The van der Waals surface area contributed by atoms with Crippen LogP contribution in [0.4, 0.5) is 11.6 Å². The molecule has 5 heterocycles. The first-order valence-corrected chi connectivity index (χ1v) is 10.8. The van der Waals surface area contributed by atoms with Crippen LogP contribution >= 0.6 is 0 Å². The standard InChI is InChI=1S/C22H25N7O2/c30-22(29-14-12-28(13-15-29)18-6-2-3-8-23-18)21-25-20(26-31-21)17-7-9-24-19(16-17)27-10-4-1-5-11-27/h2-3,6-9,16H,1,4-5,10-15H2. The average Bonchev–Trinajstić information content (AvgIpc) is 3.35. The maximum Gasteiger partial charge on any atom is 0.316 e. The molecule has 0 aromatic carbocycles. The van der Waals surface area contributed by atoms with E-state index in [1.54, 1.807) is 17.3 Å². The van der Waals surface area contributed by atoms with Gasteiger partial charge in [-0.25, -0.2) is 9.97 Å². The monoisotopic (exact) mass is 419 g/mol. The van der Waals surface area contributed by atoms with Gasteiger partial charge in [0.2, 0.25) is 5.82 Å². The Hall–Kier alpha value is -3.49. The summed E-state index contributed by atoms with van der Waals surface area (Å²) < 4.78 is 5.32. The lowest BCUT2D eigenvalue weighted by molar-refractivity contribution is 0.0696. The van der Waals surface area contributed by atoms with E-state index < -0.39 is 0 Å². The third kappa shape index (κ3) is 4.21. The Balaban J connectivity index is 1.25. The average molecular weight is 419 g/mol. The highest BCUT2D eigenvalue weighted by Gasteiger charge is 2.27. The molecule has 0 bridgehead atoms. The van der Waals surface area contributed by atoms with Crippen LogP contribution in [-0.4, -0.2) is 70.2 Å². The van der Waals surface area contributed by atoms with Gasteiger partial charge in [0, 0.05) is 57.2 Å². The molecule has 5 rings (SSSR count). The minimum atomic E-state index is -0.232. The molecule has 9 heteroatoms. The van der Waals surface area contributed by atoms with Crippen LogP contribution in [0.2, 0.25) is 0 Å². The van der Waals surface area contributed by atoms with Crippen LogP contribution in [0.3, 0.4) is 0 Å². The van der Waals surface area contributed by atoms with E-state index in [0.717, 1.165) is 30.3 Å². The predicted molar refractivity (Wildman–Crippen MR) is 116 cm³/mol. The van der Waals surface area contributed by atoms with Gasteiger partial charge in [-0.2, -0.15) is 4.98 Å². The van der Waals surface area contributed by atoms with Crippen molar-refractivity contribution in [2.24, 2.45) is 0 Å². The number of hydrogen-bond acceptors (Lipinski definition) is 8. The highest BCUT2D eigenvalue weighted by atomic mass is 16.5. The fourth-order valence-corrected chi connectivity index (χ4v) is 4.10. The second-order valence-electron chi connectivity index (χ2n) is 7.84. The van der Waals surface area contributed by atoms with Crippen molar-refractivity contribution in [1.82, 2.24) is 25.0 Å². The fourth-order valence-electron chi connectivity index (χ4n) is 4.10. The number of rotatable bonds is 4.